The molecule has 0 aliphatic carbocycles. The maximum Gasteiger partial charge on any atom is 0.181 e. The van der Waals surface area contributed by atoms with Crippen LogP contribution in [0.1, 0.15) is 0 Å². The number of aromatic nitrogens is 4. The Kier molecular flexibility index (Phi) is 11.1. The van der Waals surface area contributed by atoms with Gasteiger partial charge in [0, 0.05) is 33.0 Å². The first-order chi connectivity index (χ1) is 35.7. The van der Waals surface area contributed by atoms with Gasteiger partial charge in [-0.15, -0.1) is 22.7 Å². The van der Waals surface area contributed by atoms with E-state index >= 15 is 0 Å². The minimum Gasteiger partial charge on any atom is -0.451 e. The number of rotatable bonds is 8. The van der Waals surface area contributed by atoms with Crippen molar-refractivity contribution in [3.05, 3.63) is 241 Å². The van der Waals surface area contributed by atoms with Crippen LogP contribution in [0, 0.1) is 0 Å². The van der Waals surface area contributed by atoms with E-state index in [1.165, 1.54) is 89.3 Å². The fraction of sp³-hybridized carbons (Fsp3) is 0. The number of benzene rings is 10. The van der Waals surface area contributed by atoms with Crippen molar-refractivity contribution in [3.8, 4) is 89.5 Å². The minimum absolute atomic E-state index is 0.826. The maximum atomic E-state index is 5.23. The summed E-state index contributed by atoms with van der Waals surface area (Å²) in [5.74, 6) is 0. The average molecular weight is 961 g/mol. The Morgan fingerprint density at radius 2 is 0.528 bits per heavy atom. The molecular formula is C64H40N4O2S2. The summed E-state index contributed by atoms with van der Waals surface area (Å²) in [4.78, 5) is 17.8. The molecule has 14 rings (SSSR count). The van der Waals surface area contributed by atoms with Gasteiger partial charge in [0.15, 0.2) is 12.8 Å². The van der Waals surface area contributed by atoms with E-state index in [9.17, 15) is 0 Å². The normalized spacial score (nSPS) is 11.3. The van der Waals surface area contributed by atoms with Crippen LogP contribution in [-0.4, -0.2) is 19.9 Å². The third-order valence-electron chi connectivity index (χ3n) is 13.4. The molecule has 0 saturated carbocycles. The highest BCUT2D eigenvalue weighted by Crippen LogP contribution is 2.46. The Morgan fingerprint density at radius 3 is 0.764 bits per heavy atom. The quantitative estimate of drug-likeness (QED) is 0.141. The largest absolute Gasteiger partial charge is 0.451 e. The fourth-order valence-electron chi connectivity index (χ4n) is 10.3. The summed E-state index contributed by atoms with van der Waals surface area (Å²) in [5.41, 5.74) is 21.4. The van der Waals surface area contributed by atoms with Crippen LogP contribution in [0.3, 0.4) is 0 Å². The Hall–Kier alpha value is -9.08. The third-order valence-corrected chi connectivity index (χ3v) is 14.6. The van der Waals surface area contributed by atoms with Crippen LogP contribution in [0.2, 0.25) is 0 Å². The molecular weight excluding hydrogens is 921 g/mol. The Morgan fingerprint density at radius 1 is 0.264 bits per heavy atom. The lowest BCUT2D eigenvalue weighted by molar-refractivity contribution is 0.558. The van der Waals surface area contributed by atoms with Crippen molar-refractivity contribution >= 4 is 65.8 Å². The first-order valence-corrected chi connectivity index (χ1v) is 25.4. The number of oxazole rings is 2. The zero-order valence-corrected chi connectivity index (χ0v) is 40.1. The molecule has 4 aromatic heterocycles. The first-order valence-electron chi connectivity index (χ1n) is 23.6. The SMILES string of the molecule is c1cc(-c2cocn2)cc(-c2c3ccccc3c(-c3cccc(-c4cocn4)c3)c3ccccc23)c1.c1cc(-c2cscn2)cc(-c2c3ccccc3c(-c3cccc(-c4cscn4)c3)c3ccccc23)c1. The van der Waals surface area contributed by atoms with Gasteiger partial charge in [-0.3, -0.25) is 0 Å². The van der Waals surface area contributed by atoms with Crippen LogP contribution in [0.15, 0.2) is 250 Å². The predicted octanol–water partition coefficient (Wildman–Crippen LogP) is 18.2. The molecule has 4 heterocycles. The van der Waals surface area contributed by atoms with E-state index in [4.69, 9.17) is 8.83 Å². The van der Waals surface area contributed by atoms with E-state index in [2.05, 4.69) is 225 Å². The van der Waals surface area contributed by atoms with Gasteiger partial charge in [-0.25, -0.2) is 19.9 Å². The van der Waals surface area contributed by atoms with Gasteiger partial charge in [0.2, 0.25) is 0 Å². The van der Waals surface area contributed by atoms with Gasteiger partial charge < -0.3 is 8.83 Å². The summed E-state index contributed by atoms with van der Waals surface area (Å²) in [6.45, 7) is 0. The van der Waals surface area contributed by atoms with E-state index in [-0.39, 0.29) is 0 Å². The van der Waals surface area contributed by atoms with Crippen LogP contribution in [-0.2, 0) is 0 Å². The summed E-state index contributed by atoms with van der Waals surface area (Å²) >= 11 is 3.25. The average Bonchev–Trinajstić information content (AvgIpc) is 4.32. The van der Waals surface area contributed by atoms with Crippen LogP contribution in [0.25, 0.3) is 133 Å². The van der Waals surface area contributed by atoms with Gasteiger partial charge >= 0.3 is 0 Å². The van der Waals surface area contributed by atoms with Crippen LogP contribution < -0.4 is 0 Å². The number of fused-ring (bicyclic) bond motifs is 4. The van der Waals surface area contributed by atoms with Crippen molar-refractivity contribution in [2.75, 3.05) is 0 Å². The highest BCUT2D eigenvalue weighted by molar-refractivity contribution is 7.08. The molecule has 0 saturated heterocycles. The zero-order valence-electron chi connectivity index (χ0n) is 38.5. The molecule has 0 N–H and O–H groups in total. The monoisotopic (exact) mass is 960 g/mol. The number of hydrogen-bond acceptors (Lipinski definition) is 8. The van der Waals surface area contributed by atoms with Gasteiger partial charge in [0.1, 0.15) is 23.9 Å². The van der Waals surface area contributed by atoms with E-state index in [0.29, 0.717) is 0 Å². The Bertz CT molecular complexity index is 3560. The van der Waals surface area contributed by atoms with Crippen molar-refractivity contribution in [1.82, 2.24) is 19.9 Å². The molecule has 10 aromatic carbocycles. The summed E-state index contributed by atoms with van der Waals surface area (Å²) < 4.78 is 10.5. The smallest absolute Gasteiger partial charge is 0.181 e. The predicted molar refractivity (Wildman–Crippen MR) is 298 cm³/mol. The second kappa shape index (κ2) is 18.7. The number of thiazole rings is 2. The standard InChI is InChI=1S/C32H20N2O2.C32H20N2S2/c2*1-2-12-26-25(11-1)31(23-9-5-7-21(15-23)29-17-35-19-33-29)27-13-3-4-14-28(27)32(26)24-10-6-8-22(16-24)30-18-36-20-34-30/h2*1-20H. The maximum absolute atomic E-state index is 5.23. The third kappa shape index (κ3) is 7.85. The topological polar surface area (TPSA) is 77.8 Å². The lowest BCUT2D eigenvalue weighted by Gasteiger charge is -2.18. The Balaban J connectivity index is 0.000000140. The van der Waals surface area contributed by atoms with Gasteiger partial charge in [-0.2, -0.15) is 0 Å². The molecule has 0 spiro atoms. The molecule has 8 heteroatoms. The van der Waals surface area contributed by atoms with Crippen molar-refractivity contribution in [3.63, 3.8) is 0 Å². The molecule has 0 bridgehead atoms. The minimum atomic E-state index is 0.826. The second-order valence-electron chi connectivity index (χ2n) is 17.5. The second-order valence-corrected chi connectivity index (χ2v) is 18.9. The lowest BCUT2D eigenvalue weighted by atomic mass is 9.85. The lowest BCUT2D eigenvalue weighted by Crippen LogP contribution is -1.91. The van der Waals surface area contributed by atoms with E-state index in [1.807, 2.05) is 11.0 Å². The summed E-state index contributed by atoms with van der Waals surface area (Å²) in [7, 11) is 0. The van der Waals surface area contributed by atoms with Gasteiger partial charge in [0.05, 0.1) is 22.4 Å². The zero-order chi connectivity index (χ0) is 47.8. The highest BCUT2D eigenvalue weighted by atomic mass is 32.1. The van der Waals surface area contributed by atoms with Gasteiger partial charge in [-0.05, 0) is 112 Å². The molecule has 0 fully saturated rings. The molecule has 0 radical (unpaired) electrons. The van der Waals surface area contributed by atoms with Crippen LogP contribution in [0.5, 0.6) is 0 Å². The van der Waals surface area contributed by atoms with Gasteiger partial charge in [0.25, 0.3) is 0 Å². The van der Waals surface area contributed by atoms with Crippen molar-refractivity contribution < 1.29 is 8.83 Å². The summed E-state index contributed by atoms with van der Waals surface area (Å²) in [6, 6.07) is 69.4. The van der Waals surface area contributed by atoms with Crippen molar-refractivity contribution in [2.24, 2.45) is 0 Å². The summed E-state index contributed by atoms with van der Waals surface area (Å²) in [6.07, 6.45) is 6.30. The number of nitrogens with zero attached hydrogens (tertiary/aromatic N) is 4. The highest BCUT2D eigenvalue weighted by Gasteiger charge is 2.20. The molecule has 72 heavy (non-hydrogen) atoms. The van der Waals surface area contributed by atoms with Crippen LogP contribution in [0.4, 0.5) is 0 Å². The molecule has 0 aliphatic heterocycles. The number of hydrogen-bond donors (Lipinski definition) is 0. The van der Waals surface area contributed by atoms with Crippen molar-refractivity contribution in [1.29, 1.82) is 0 Å². The Labute approximate surface area is 422 Å². The van der Waals surface area contributed by atoms with Crippen LogP contribution >= 0.6 is 22.7 Å². The molecule has 14 aromatic rings. The molecule has 6 nitrogen and oxygen atoms in total. The van der Waals surface area contributed by atoms with E-state index < -0.39 is 0 Å². The summed E-state index contributed by atoms with van der Waals surface area (Å²) in [5, 5.41) is 14.0. The van der Waals surface area contributed by atoms with Gasteiger partial charge in [-0.1, -0.05) is 170 Å². The molecule has 0 aliphatic rings. The van der Waals surface area contributed by atoms with Crippen molar-refractivity contribution in [2.45, 2.75) is 0 Å². The van der Waals surface area contributed by atoms with E-state index in [0.717, 1.165) is 56.2 Å². The molecule has 0 amide bonds. The molecule has 0 unspecified atom stereocenters. The van der Waals surface area contributed by atoms with E-state index in [1.54, 1.807) is 35.2 Å². The fourth-order valence-corrected chi connectivity index (χ4v) is 11.4. The first kappa shape index (κ1) is 43.0. The molecule has 340 valence electrons. The molecule has 0 atom stereocenters.